The van der Waals surface area contributed by atoms with Crippen LogP contribution in [0, 0.1) is 20.8 Å². The van der Waals surface area contributed by atoms with Crippen molar-refractivity contribution in [2.45, 2.75) is 52.5 Å². The summed E-state index contributed by atoms with van der Waals surface area (Å²) in [6, 6.07) is 10.2. The predicted octanol–water partition coefficient (Wildman–Crippen LogP) is 4.76. The van der Waals surface area contributed by atoms with Gasteiger partial charge in [-0.2, -0.15) is 0 Å². The molecule has 0 spiro atoms. The van der Waals surface area contributed by atoms with Crippen molar-refractivity contribution in [2.24, 2.45) is 0 Å². The van der Waals surface area contributed by atoms with E-state index in [1.165, 1.54) is 5.56 Å². The van der Waals surface area contributed by atoms with E-state index in [2.05, 4.69) is 29.0 Å². The Labute approximate surface area is 178 Å². The monoisotopic (exact) mass is 400 g/mol. The molecule has 5 nitrogen and oxygen atoms in total. The van der Waals surface area contributed by atoms with Crippen LogP contribution in [0.15, 0.2) is 48.9 Å². The van der Waals surface area contributed by atoms with E-state index < -0.39 is 0 Å². The van der Waals surface area contributed by atoms with Crippen LogP contribution in [0.3, 0.4) is 0 Å². The highest BCUT2D eigenvalue weighted by Gasteiger charge is 2.31. The smallest absolute Gasteiger partial charge is 0.227 e. The zero-order valence-corrected chi connectivity index (χ0v) is 17.9. The number of aryl methyl sites for hydroxylation is 3. The second kappa shape index (κ2) is 8.74. The van der Waals surface area contributed by atoms with Crippen molar-refractivity contribution in [1.29, 1.82) is 0 Å². The Hall–Kier alpha value is -3.08. The maximum absolute atomic E-state index is 13.3. The normalized spacial score (nSPS) is 16.5. The summed E-state index contributed by atoms with van der Waals surface area (Å²) in [7, 11) is 0. The van der Waals surface area contributed by atoms with Gasteiger partial charge < -0.3 is 4.90 Å². The van der Waals surface area contributed by atoms with Crippen LogP contribution in [0.2, 0.25) is 0 Å². The molecule has 1 fully saturated rings. The van der Waals surface area contributed by atoms with E-state index in [0.29, 0.717) is 6.42 Å². The third-order valence-electron chi connectivity index (χ3n) is 5.86. The van der Waals surface area contributed by atoms with Crippen molar-refractivity contribution in [2.75, 3.05) is 6.54 Å². The van der Waals surface area contributed by atoms with E-state index >= 15 is 0 Å². The van der Waals surface area contributed by atoms with Gasteiger partial charge in [0.1, 0.15) is 5.82 Å². The molecule has 154 valence electrons. The molecule has 0 unspecified atom stereocenters. The Bertz CT molecular complexity index is 1050. The molecule has 3 aromatic rings. The summed E-state index contributed by atoms with van der Waals surface area (Å²) in [5, 5.41) is 0. The number of aromatic nitrogens is 3. The lowest BCUT2D eigenvalue weighted by Crippen LogP contribution is -2.40. The van der Waals surface area contributed by atoms with Crippen molar-refractivity contribution >= 4 is 5.91 Å². The lowest BCUT2D eigenvalue weighted by molar-refractivity contribution is -0.134. The number of carbonyl (C=O) groups excluding carboxylic acids is 1. The van der Waals surface area contributed by atoms with Gasteiger partial charge in [0, 0.05) is 30.7 Å². The summed E-state index contributed by atoms with van der Waals surface area (Å²) in [5.41, 5.74) is 6.38. The van der Waals surface area contributed by atoms with Crippen molar-refractivity contribution in [3.63, 3.8) is 0 Å². The summed E-state index contributed by atoms with van der Waals surface area (Å²) in [4.78, 5) is 28.9. The Balaban J connectivity index is 1.69. The lowest BCUT2D eigenvalue weighted by Gasteiger charge is -2.36. The number of carbonyl (C=O) groups is 1. The first-order chi connectivity index (χ1) is 14.5. The number of pyridine rings is 1. The minimum absolute atomic E-state index is 0.0269. The fourth-order valence-corrected chi connectivity index (χ4v) is 4.22. The van der Waals surface area contributed by atoms with Crippen LogP contribution in [-0.2, 0) is 11.2 Å². The molecule has 0 saturated carbocycles. The summed E-state index contributed by atoms with van der Waals surface area (Å²) in [5.74, 6) is 0.897. The maximum atomic E-state index is 13.3. The zero-order chi connectivity index (χ0) is 21.1. The van der Waals surface area contributed by atoms with Crippen LogP contribution in [0.1, 0.15) is 53.5 Å². The first kappa shape index (κ1) is 20.2. The minimum Gasteiger partial charge on any atom is -0.334 e. The average molecular weight is 401 g/mol. The summed E-state index contributed by atoms with van der Waals surface area (Å²) in [6.45, 7) is 6.79. The highest BCUT2D eigenvalue weighted by atomic mass is 16.2. The first-order valence-electron chi connectivity index (χ1n) is 10.6. The van der Waals surface area contributed by atoms with Crippen LogP contribution < -0.4 is 0 Å². The molecule has 30 heavy (non-hydrogen) atoms. The number of benzene rings is 1. The van der Waals surface area contributed by atoms with Gasteiger partial charge in [-0.25, -0.2) is 9.97 Å². The molecular weight excluding hydrogens is 372 g/mol. The zero-order valence-electron chi connectivity index (χ0n) is 17.9. The first-order valence-corrected chi connectivity index (χ1v) is 10.6. The number of hydrogen-bond acceptors (Lipinski definition) is 4. The Morgan fingerprint density at radius 3 is 2.60 bits per heavy atom. The molecule has 1 amide bonds. The van der Waals surface area contributed by atoms with Gasteiger partial charge >= 0.3 is 0 Å². The van der Waals surface area contributed by atoms with E-state index in [1.54, 1.807) is 6.20 Å². The second-order valence-electron chi connectivity index (χ2n) is 8.17. The van der Waals surface area contributed by atoms with Gasteiger partial charge in [-0.1, -0.05) is 29.8 Å². The second-order valence-corrected chi connectivity index (χ2v) is 8.17. The van der Waals surface area contributed by atoms with Gasteiger partial charge in [0.15, 0.2) is 0 Å². The van der Waals surface area contributed by atoms with Crippen molar-refractivity contribution < 1.29 is 4.79 Å². The maximum Gasteiger partial charge on any atom is 0.227 e. The largest absolute Gasteiger partial charge is 0.334 e. The molecule has 1 saturated heterocycles. The van der Waals surface area contributed by atoms with E-state index in [0.717, 1.165) is 59.6 Å². The van der Waals surface area contributed by atoms with E-state index in [9.17, 15) is 4.79 Å². The SMILES string of the molecule is Cc1ccc(CC(=O)N2CCCC[C@@H]2c2nc(C)ncc2-c2ccncc2C)cc1. The molecule has 2 aromatic heterocycles. The van der Waals surface area contributed by atoms with E-state index in [1.807, 2.05) is 49.3 Å². The predicted molar refractivity (Wildman–Crippen MR) is 118 cm³/mol. The van der Waals surface area contributed by atoms with Gasteiger partial charge in [-0.05, 0) is 62.8 Å². The molecule has 1 aliphatic heterocycles. The van der Waals surface area contributed by atoms with Crippen molar-refractivity contribution in [3.8, 4) is 11.1 Å². The van der Waals surface area contributed by atoms with Gasteiger partial charge in [0.2, 0.25) is 5.91 Å². The summed E-state index contributed by atoms with van der Waals surface area (Å²) in [6.07, 6.45) is 9.03. The molecule has 0 bridgehead atoms. The topological polar surface area (TPSA) is 59.0 Å². The molecule has 0 aliphatic carbocycles. The quantitative estimate of drug-likeness (QED) is 0.633. The van der Waals surface area contributed by atoms with E-state index in [4.69, 9.17) is 4.98 Å². The summed E-state index contributed by atoms with van der Waals surface area (Å²) >= 11 is 0. The Morgan fingerprint density at radius 2 is 1.83 bits per heavy atom. The molecule has 1 aliphatic rings. The van der Waals surface area contributed by atoms with Crippen LogP contribution in [0.4, 0.5) is 0 Å². The molecule has 5 heteroatoms. The molecule has 4 rings (SSSR count). The van der Waals surface area contributed by atoms with Crippen LogP contribution in [0.25, 0.3) is 11.1 Å². The van der Waals surface area contributed by atoms with Gasteiger partial charge in [-0.15, -0.1) is 0 Å². The fourth-order valence-electron chi connectivity index (χ4n) is 4.22. The van der Waals surface area contributed by atoms with Gasteiger partial charge in [0.25, 0.3) is 0 Å². The third-order valence-corrected chi connectivity index (χ3v) is 5.86. The van der Waals surface area contributed by atoms with Crippen LogP contribution in [-0.4, -0.2) is 32.3 Å². The molecule has 1 atom stereocenters. The molecule has 0 N–H and O–H groups in total. The minimum atomic E-state index is -0.0269. The van der Waals surface area contributed by atoms with E-state index in [-0.39, 0.29) is 11.9 Å². The Morgan fingerprint density at radius 1 is 1.03 bits per heavy atom. The van der Waals surface area contributed by atoms with Gasteiger partial charge in [0.05, 0.1) is 18.2 Å². The fraction of sp³-hybridized carbons (Fsp3) is 0.360. The molecule has 0 radical (unpaired) electrons. The third kappa shape index (κ3) is 4.25. The number of nitrogens with zero attached hydrogens (tertiary/aromatic N) is 4. The van der Waals surface area contributed by atoms with Crippen molar-refractivity contribution in [3.05, 3.63) is 77.1 Å². The standard InChI is InChI=1S/C25H28N4O/c1-17-7-9-20(10-8-17)14-24(30)29-13-5-4-6-23(29)25-22(16-27-19(3)28-25)21-11-12-26-15-18(21)2/h7-12,15-16,23H,4-6,13-14H2,1-3H3/t23-/m1/s1. The van der Waals surface area contributed by atoms with Crippen LogP contribution >= 0.6 is 0 Å². The number of piperidine rings is 1. The average Bonchev–Trinajstić information content (AvgIpc) is 2.76. The van der Waals surface area contributed by atoms with Gasteiger partial charge in [-0.3, -0.25) is 9.78 Å². The number of hydrogen-bond donors (Lipinski definition) is 0. The molecule has 3 heterocycles. The Kier molecular flexibility index (Phi) is 5.88. The lowest BCUT2D eigenvalue weighted by atomic mass is 9.92. The molecule has 1 aromatic carbocycles. The van der Waals surface area contributed by atoms with Crippen molar-refractivity contribution in [1.82, 2.24) is 19.9 Å². The highest BCUT2D eigenvalue weighted by Crippen LogP contribution is 2.36. The number of rotatable bonds is 4. The highest BCUT2D eigenvalue weighted by molar-refractivity contribution is 5.80. The number of likely N-dealkylation sites (tertiary alicyclic amines) is 1. The summed E-state index contributed by atoms with van der Waals surface area (Å²) < 4.78 is 0. The number of amides is 1. The van der Waals surface area contributed by atoms with Crippen LogP contribution in [0.5, 0.6) is 0 Å². The molecular formula is C25H28N4O.